The van der Waals surface area contributed by atoms with E-state index >= 15 is 0 Å². The van der Waals surface area contributed by atoms with Crippen molar-refractivity contribution in [2.24, 2.45) is 11.8 Å². The number of aromatic nitrogens is 1. The van der Waals surface area contributed by atoms with E-state index in [1.165, 1.54) is 12.8 Å². The molecule has 1 aliphatic carbocycles. The molecule has 104 valence electrons. The lowest BCUT2D eigenvalue weighted by molar-refractivity contribution is 0.243. The first-order valence-corrected chi connectivity index (χ1v) is 8.44. The van der Waals surface area contributed by atoms with Gasteiger partial charge in [0.2, 0.25) is 10.0 Å². The smallest absolute Gasteiger partial charge is 0.243 e. The van der Waals surface area contributed by atoms with Gasteiger partial charge in [-0.3, -0.25) is 4.98 Å². The number of hydrogen-bond donors (Lipinski definition) is 0. The van der Waals surface area contributed by atoms with Gasteiger partial charge in [-0.2, -0.15) is 4.31 Å². The van der Waals surface area contributed by atoms with Crippen LogP contribution in [0.3, 0.4) is 0 Å². The summed E-state index contributed by atoms with van der Waals surface area (Å²) >= 11 is 0. The predicted octanol–water partition coefficient (Wildman–Crippen LogP) is 2.27. The topological polar surface area (TPSA) is 50.3 Å². The van der Waals surface area contributed by atoms with Gasteiger partial charge < -0.3 is 0 Å². The number of pyridine rings is 1. The van der Waals surface area contributed by atoms with Gasteiger partial charge in [0.1, 0.15) is 0 Å². The van der Waals surface area contributed by atoms with Gasteiger partial charge in [0, 0.05) is 24.7 Å². The number of rotatable bonds is 2. The summed E-state index contributed by atoms with van der Waals surface area (Å²) in [5.74, 6) is 1.16. The molecule has 0 radical (unpaired) electrons. The molecule has 20 heavy (non-hydrogen) atoms. The van der Waals surface area contributed by atoms with E-state index in [4.69, 9.17) is 0 Å². The Morgan fingerprint density at radius 3 is 2.45 bits per heavy atom. The van der Waals surface area contributed by atoms with E-state index in [1.807, 2.05) is 24.3 Å². The Balaban J connectivity index is 1.81. The van der Waals surface area contributed by atoms with Crippen LogP contribution in [0.15, 0.2) is 41.4 Å². The molecule has 2 aromatic rings. The minimum atomic E-state index is -3.40. The Labute approximate surface area is 118 Å². The fourth-order valence-corrected chi connectivity index (χ4v) is 5.08. The number of hydrogen-bond acceptors (Lipinski definition) is 3. The SMILES string of the molecule is O=S(=O)(c1ccnc2ccccc12)N1C[C@H]2CC[C@H]2C1. The highest BCUT2D eigenvalue weighted by atomic mass is 32.2. The molecule has 2 aliphatic rings. The number of nitrogens with zero attached hydrogens (tertiary/aromatic N) is 2. The molecule has 0 spiro atoms. The molecule has 1 aromatic heterocycles. The van der Waals surface area contributed by atoms with E-state index in [-0.39, 0.29) is 0 Å². The lowest BCUT2D eigenvalue weighted by atomic mass is 9.77. The van der Waals surface area contributed by atoms with Crippen LogP contribution in [0.4, 0.5) is 0 Å². The Morgan fingerprint density at radius 1 is 1.05 bits per heavy atom. The molecule has 0 amide bonds. The average molecular weight is 288 g/mol. The molecule has 1 saturated carbocycles. The summed E-state index contributed by atoms with van der Waals surface area (Å²) in [6.45, 7) is 1.37. The largest absolute Gasteiger partial charge is 0.256 e. The summed E-state index contributed by atoms with van der Waals surface area (Å²) in [7, 11) is -3.40. The van der Waals surface area contributed by atoms with Crippen molar-refractivity contribution < 1.29 is 8.42 Å². The molecule has 0 bridgehead atoms. The monoisotopic (exact) mass is 288 g/mol. The second-order valence-electron chi connectivity index (χ2n) is 5.75. The van der Waals surface area contributed by atoms with E-state index in [0.717, 1.165) is 5.52 Å². The zero-order valence-electron chi connectivity index (χ0n) is 11.1. The van der Waals surface area contributed by atoms with Crippen LogP contribution < -0.4 is 0 Å². The lowest BCUT2D eigenvalue weighted by Gasteiger charge is -2.27. The summed E-state index contributed by atoms with van der Waals surface area (Å²) in [4.78, 5) is 4.63. The molecule has 2 atom stereocenters. The van der Waals surface area contributed by atoms with Crippen LogP contribution in [0.5, 0.6) is 0 Å². The summed E-state index contributed by atoms with van der Waals surface area (Å²) < 4.78 is 27.4. The molecule has 4 nitrogen and oxygen atoms in total. The standard InChI is InChI=1S/C15H16N2O2S/c18-20(19,17-9-11-5-6-12(11)10-17)15-7-8-16-14-4-2-1-3-13(14)15/h1-4,7-8,11-12H,5-6,9-10H2/t11-,12+. The van der Waals surface area contributed by atoms with Gasteiger partial charge in [-0.15, -0.1) is 0 Å². The van der Waals surface area contributed by atoms with Gasteiger partial charge in [0.25, 0.3) is 0 Å². The number of benzene rings is 1. The van der Waals surface area contributed by atoms with E-state index in [0.29, 0.717) is 35.2 Å². The van der Waals surface area contributed by atoms with Crippen molar-refractivity contribution in [2.45, 2.75) is 17.7 Å². The molecule has 0 N–H and O–H groups in total. The maximum atomic E-state index is 12.9. The third kappa shape index (κ3) is 1.70. The van der Waals surface area contributed by atoms with Crippen LogP contribution in [0.1, 0.15) is 12.8 Å². The Hall–Kier alpha value is -1.46. The summed E-state index contributed by atoms with van der Waals surface area (Å²) in [5, 5.41) is 0.717. The predicted molar refractivity (Wildman–Crippen MR) is 76.7 cm³/mol. The van der Waals surface area contributed by atoms with Gasteiger partial charge in [-0.25, -0.2) is 8.42 Å². The van der Waals surface area contributed by atoms with Crippen molar-refractivity contribution >= 4 is 20.9 Å². The molecule has 1 aromatic carbocycles. The van der Waals surface area contributed by atoms with Crippen LogP contribution >= 0.6 is 0 Å². The van der Waals surface area contributed by atoms with E-state index in [1.54, 1.807) is 16.6 Å². The van der Waals surface area contributed by atoms with Crippen molar-refractivity contribution in [2.75, 3.05) is 13.1 Å². The van der Waals surface area contributed by atoms with E-state index in [9.17, 15) is 8.42 Å². The van der Waals surface area contributed by atoms with Gasteiger partial charge >= 0.3 is 0 Å². The van der Waals surface area contributed by atoms with Gasteiger partial charge in [0.05, 0.1) is 10.4 Å². The third-order valence-electron chi connectivity index (χ3n) is 4.68. The van der Waals surface area contributed by atoms with Crippen LogP contribution in [-0.2, 0) is 10.0 Å². The summed E-state index contributed by atoms with van der Waals surface area (Å²) in [6.07, 6.45) is 3.93. The second-order valence-corrected chi connectivity index (χ2v) is 7.65. The van der Waals surface area contributed by atoms with Crippen LogP contribution in [0, 0.1) is 11.8 Å². The third-order valence-corrected chi connectivity index (χ3v) is 6.57. The first-order chi connectivity index (χ1) is 9.66. The van der Waals surface area contributed by atoms with Crippen molar-refractivity contribution in [1.82, 2.24) is 9.29 Å². The van der Waals surface area contributed by atoms with E-state index < -0.39 is 10.0 Å². The summed E-state index contributed by atoms with van der Waals surface area (Å²) in [5.41, 5.74) is 0.732. The maximum absolute atomic E-state index is 12.9. The fraction of sp³-hybridized carbons (Fsp3) is 0.400. The average Bonchev–Trinajstić information content (AvgIpc) is 2.74. The highest BCUT2D eigenvalue weighted by Gasteiger charge is 2.44. The highest BCUT2D eigenvalue weighted by Crippen LogP contribution is 2.42. The van der Waals surface area contributed by atoms with Crippen molar-refractivity contribution in [1.29, 1.82) is 0 Å². The summed E-state index contributed by atoms with van der Waals surface area (Å²) in [6, 6.07) is 9.04. The van der Waals surface area contributed by atoms with Gasteiger partial charge in [-0.05, 0) is 36.8 Å². The highest BCUT2D eigenvalue weighted by molar-refractivity contribution is 7.89. The number of fused-ring (bicyclic) bond motifs is 2. The molecule has 0 unspecified atom stereocenters. The molecule has 5 heteroatoms. The number of para-hydroxylation sites is 1. The number of sulfonamides is 1. The van der Waals surface area contributed by atoms with Gasteiger partial charge in [0.15, 0.2) is 0 Å². The Kier molecular flexibility index (Phi) is 2.62. The van der Waals surface area contributed by atoms with Crippen LogP contribution in [0.2, 0.25) is 0 Å². The quantitative estimate of drug-likeness (QED) is 0.851. The Morgan fingerprint density at radius 2 is 1.75 bits per heavy atom. The van der Waals surface area contributed by atoms with E-state index in [2.05, 4.69) is 4.98 Å². The van der Waals surface area contributed by atoms with Crippen molar-refractivity contribution in [3.8, 4) is 0 Å². The zero-order chi connectivity index (χ0) is 13.7. The fourth-order valence-electron chi connectivity index (χ4n) is 3.35. The molecular formula is C15H16N2O2S. The first-order valence-electron chi connectivity index (χ1n) is 7.00. The first kappa shape index (κ1) is 12.3. The molecule has 1 aliphatic heterocycles. The molecule has 2 fully saturated rings. The second kappa shape index (κ2) is 4.27. The normalized spacial score (nSPS) is 26.4. The van der Waals surface area contributed by atoms with Crippen molar-refractivity contribution in [3.63, 3.8) is 0 Å². The molecule has 4 rings (SSSR count). The Bertz CT molecular complexity index is 755. The molecular weight excluding hydrogens is 272 g/mol. The van der Waals surface area contributed by atoms with Crippen LogP contribution in [-0.4, -0.2) is 30.8 Å². The van der Waals surface area contributed by atoms with Crippen LogP contribution in [0.25, 0.3) is 10.9 Å². The molecule has 2 heterocycles. The maximum Gasteiger partial charge on any atom is 0.243 e. The minimum Gasteiger partial charge on any atom is -0.256 e. The van der Waals surface area contributed by atoms with Crippen molar-refractivity contribution in [3.05, 3.63) is 36.5 Å². The lowest BCUT2D eigenvalue weighted by Crippen LogP contribution is -2.29. The van der Waals surface area contributed by atoms with Gasteiger partial charge in [-0.1, -0.05) is 18.2 Å². The minimum absolute atomic E-state index is 0.393. The molecule has 1 saturated heterocycles. The zero-order valence-corrected chi connectivity index (χ0v) is 11.9.